The Morgan fingerprint density at radius 2 is 2.00 bits per heavy atom. The molecule has 1 fully saturated rings. The highest BCUT2D eigenvalue weighted by Gasteiger charge is 2.42. The number of fused-ring (bicyclic) bond motifs is 1. The Hall–Kier alpha value is -1.53. The number of carbonyl (C=O) groups excluding carboxylic acids is 1. The maximum absolute atomic E-state index is 11.8. The van der Waals surface area contributed by atoms with Crippen LogP contribution in [0.2, 0.25) is 0 Å². The molecule has 2 aliphatic rings. The van der Waals surface area contributed by atoms with E-state index in [-0.39, 0.29) is 11.2 Å². The normalized spacial score (nSPS) is 22.7. The lowest BCUT2D eigenvalue weighted by Crippen LogP contribution is -2.37. The predicted octanol–water partition coefficient (Wildman–Crippen LogP) is 2.25. The molecule has 4 nitrogen and oxygen atoms in total. The van der Waals surface area contributed by atoms with E-state index in [0.717, 1.165) is 5.69 Å². The number of benzene rings is 1. The van der Waals surface area contributed by atoms with Gasteiger partial charge in [-0.3, -0.25) is 9.69 Å². The number of thiocarbonyl (C=S) groups is 1. The summed E-state index contributed by atoms with van der Waals surface area (Å²) < 4.78 is 0.642. The van der Waals surface area contributed by atoms with Crippen LogP contribution in [-0.4, -0.2) is 27.1 Å². The third-order valence-corrected chi connectivity index (χ3v) is 4.16. The number of aliphatic imine (C=N–C) groups is 2. The maximum atomic E-state index is 11.8. The molecule has 1 aromatic rings. The molecule has 0 N–H and O–H groups in total. The van der Waals surface area contributed by atoms with Gasteiger partial charge < -0.3 is 0 Å². The summed E-state index contributed by atoms with van der Waals surface area (Å²) in [6.45, 7) is 1.72. The minimum absolute atomic E-state index is 0.178. The van der Waals surface area contributed by atoms with E-state index < -0.39 is 0 Å². The molecule has 1 saturated heterocycles. The summed E-state index contributed by atoms with van der Waals surface area (Å²) in [7, 11) is 0. The van der Waals surface area contributed by atoms with Gasteiger partial charge in [0.25, 0.3) is 5.91 Å². The zero-order chi connectivity index (χ0) is 12.7. The minimum Gasteiger partial charge on any atom is -0.282 e. The molecule has 2 heterocycles. The molecule has 0 bridgehead atoms. The SMILES string of the molecule is CC1=NC(=O)C2SC(=S)N(c3ccccc3)C2=N1. The average molecular weight is 275 g/mol. The highest BCUT2D eigenvalue weighted by Crippen LogP contribution is 2.34. The summed E-state index contributed by atoms with van der Waals surface area (Å²) in [6.07, 6.45) is 0. The fourth-order valence-corrected chi connectivity index (χ4v) is 3.32. The van der Waals surface area contributed by atoms with Gasteiger partial charge in [0.2, 0.25) is 0 Å². The molecule has 2 aliphatic heterocycles. The van der Waals surface area contributed by atoms with Crippen LogP contribution < -0.4 is 4.90 Å². The Morgan fingerprint density at radius 1 is 1.28 bits per heavy atom. The Labute approximate surface area is 114 Å². The van der Waals surface area contributed by atoms with Gasteiger partial charge in [-0.25, -0.2) is 4.99 Å². The zero-order valence-corrected chi connectivity index (χ0v) is 11.2. The van der Waals surface area contributed by atoms with Gasteiger partial charge in [-0.1, -0.05) is 42.2 Å². The zero-order valence-electron chi connectivity index (χ0n) is 9.53. The van der Waals surface area contributed by atoms with Gasteiger partial charge in [0.15, 0.2) is 5.25 Å². The Bertz CT molecular complexity index is 595. The monoisotopic (exact) mass is 275 g/mol. The molecule has 90 valence electrons. The van der Waals surface area contributed by atoms with Crippen molar-refractivity contribution in [2.24, 2.45) is 9.98 Å². The number of anilines is 1. The quantitative estimate of drug-likeness (QED) is 0.737. The van der Waals surface area contributed by atoms with Gasteiger partial charge in [-0.2, -0.15) is 4.99 Å². The van der Waals surface area contributed by atoms with Gasteiger partial charge in [-0.15, -0.1) is 0 Å². The van der Waals surface area contributed by atoms with Crippen LogP contribution in [0.3, 0.4) is 0 Å². The van der Waals surface area contributed by atoms with Crippen molar-refractivity contribution in [3.8, 4) is 0 Å². The maximum Gasteiger partial charge on any atom is 0.268 e. The third kappa shape index (κ3) is 1.77. The first-order valence-electron chi connectivity index (χ1n) is 5.40. The summed E-state index contributed by atoms with van der Waals surface area (Å²) in [5.41, 5.74) is 0.929. The van der Waals surface area contributed by atoms with Crippen molar-refractivity contribution in [3.63, 3.8) is 0 Å². The van der Waals surface area contributed by atoms with Crippen LogP contribution in [0.25, 0.3) is 0 Å². The molecule has 0 spiro atoms. The van der Waals surface area contributed by atoms with Crippen LogP contribution in [0.1, 0.15) is 6.92 Å². The summed E-state index contributed by atoms with van der Waals surface area (Å²) in [5.74, 6) is 0.981. The number of carbonyl (C=O) groups is 1. The van der Waals surface area contributed by atoms with Crippen LogP contribution in [-0.2, 0) is 4.79 Å². The number of nitrogens with zero attached hydrogens (tertiary/aromatic N) is 3. The number of para-hydroxylation sites is 1. The lowest BCUT2D eigenvalue weighted by molar-refractivity contribution is -0.116. The first-order valence-corrected chi connectivity index (χ1v) is 6.69. The highest BCUT2D eigenvalue weighted by atomic mass is 32.2. The average Bonchev–Trinajstić information content (AvgIpc) is 2.67. The second-order valence-corrected chi connectivity index (χ2v) is 5.64. The molecule has 1 unspecified atom stereocenters. The van der Waals surface area contributed by atoms with Gasteiger partial charge in [0.1, 0.15) is 16.0 Å². The van der Waals surface area contributed by atoms with E-state index in [1.54, 1.807) is 6.92 Å². The van der Waals surface area contributed by atoms with E-state index in [9.17, 15) is 4.79 Å². The Morgan fingerprint density at radius 3 is 2.72 bits per heavy atom. The second kappa shape index (κ2) is 4.29. The van der Waals surface area contributed by atoms with Crippen molar-refractivity contribution in [1.29, 1.82) is 0 Å². The summed E-state index contributed by atoms with van der Waals surface area (Å²) in [5, 5.41) is -0.388. The molecule has 1 atom stereocenters. The van der Waals surface area contributed by atoms with Crippen LogP contribution in [0.15, 0.2) is 40.3 Å². The van der Waals surface area contributed by atoms with Crippen LogP contribution >= 0.6 is 24.0 Å². The number of amidine groups is 2. The van der Waals surface area contributed by atoms with Gasteiger partial charge in [0, 0.05) is 5.69 Å². The van der Waals surface area contributed by atoms with E-state index in [2.05, 4.69) is 9.98 Å². The number of hydrogen-bond acceptors (Lipinski definition) is 4. The summed E-state index contributed by atoms with van der Waals surface area (Å²) in [6, 6.07) is 9.70. The van der Waals surface area contributed by atoms with Crippen LogP contribution in [0.5, 0.6) is 0 Å². The standard InChI is InChI=1S/C12H9N3OS2/c1-7-13-10-9(11(16)14-7)18-12(17)15(10)8-5-3-2-4-6-8/h2-6,9H,1H3. The fraction of sp³-hybridized carbons (Fsp3) is 0.167. The molecular weight excluding hydrogens is 266 g/mol. The van der Waals surface area contributed by atoms with Gasteiger partial charge in [0.05, 0.1) is 0 Å². The molecule has 18 heavy (non-hydrogen) atoms. The molecule has 0 radical (unpaired) electrons. The lowest BCUT2D eigenvalue weighted by atomic mass is 10.2. The van der Waals surface area contributed by atoms with Gasteiger partial charge in [-0.05, 0) is 19.1 Å². The molecule has 0 aromatic heterocycles. The lowest BCUT2D eigenvalue weighted by Gasteiger charge is -2.20. The molecule has 1 amide bonds. The number of amides is 1. The molecule has 0 saturated carbocycles. The van der Waals surface area contributed by atoms with E-state index in [4.69, 9.17) is 12.2 Å². The van der Waals surface area contributed by atoms with Crippen molar-refractivity contribution in [2.75, 3.05) is 4.90 Å². The van der Waals surface area contributed by atoms with Gasteiger partial charge >= 0.3 is 0 Å². The molecule has 3 rings (SSSR count). The molecule has 1 aromatic carbocycles. The number of thioether (sulfide) groups is 1. The molecular formula is C12H9N3OS2. The molecule has 0 aliphatic carbocycles. The number of rotatable bonds is 1. The summed E-state index contributed by atoms with van der Waals surface area (Å²) in [4.78, 5) is 21.9. The second-order valence-electron chi connectivity index (χ2n) is 3.90. The fourth-order valence-electron chi connectivity index (χ4n) is 1.91. The van der Waals surface area contributed by atoms with E-state index in [0.29, 0.717) is 16.0 Å². The first kappa shape index (κ1) is 11.6. The largest absolute Gasteiger partial charge is 0.282 e. The van der Waals surface area contributed by atoms with Crippen molar-refractivity contribution in [3.05, 3.63) is 30.3 Å². The summed E-state index contributed by atoms with van der Waals surface area (Å²) >= 11 is 6.67. The van der Waals surface area contributed by atoms with Crippen LogP contribution in [0, 0.1) is 0 Å². The van der Waals surface area contributed by atoms with Crippen molar-refractivity contribution < 1.29 is 4.79 Å². The van der Waals surface area contributed by atoms with Crippen molar-refractivity contribution >= 4 is 51.6 Å². The predicted molar refractivity (Wildman–Crippen MR) is 78.4 cm³/mol. The Kier molecular flexibility index (Phi) is 2.76. The van der Waals surface area contributed by atoms with Crippen molar-refractivity contribution in [1.82, 2.24) is 0 Å². The van der Waals surface area contributed by atoms with E-state index in [1.165, 1.54) is 11.8 Å². The minimum atomic E-state index is -0.388. The third-order valence-electron chi connectivity index (χ3n) is 2.65. The topological polar surface area (TPSA) is 45.0 Å². The first-order chi connectivity index (χ1) is 8.66. The van der Waals surface area contributed by atoms with Crippen LogP contribution in [0.4, 0.5) is 5.69 Å². The van der Waals surface area contributed by atoms with E-state index in [1.807, 2.05) is 35.2 Å². The smallest absolute Gasteiger partial charge is 0.268 e. The number of hydrogen-bond donors (Lipinski definition) is 0. The van der Waals surface area contributed by atoms with E-state index >= 15 is 0 Å². The van der Waals surface area contributed by atoms with Crippen molar-refractivity contribution in [2.45, 2.75) is 12.2 Å². The molecule has 6 heteroatoms. The Balaban J connectivity index is 2.08. The highest BCUT2D eigenvalue weighted by molar-refractivity contribution is 8.25.